The molecule has 7 heteroatoms. The molecule has 1 fully saturated rings. The number of amides is 1. The summed E-state index contributed by atoms with van der Waals surface area (Å²) < 4.78 is 6.73. The molecule has 0 spiro atoms. The smallest absolute Gasteiger partial charge is 0.219 e. The number of nitrogens with zero attached hydrogens (tertiary/aromatic N) is 3. The molecular weight excluding hydrogens is 372 g/mol. The predicted molar refractivity (Wildman–Crippen MR) is 99.4 cm³/mol. The van der Waals surface area contributed by atoms with E-state index in [1.807, 2.05) is 29.2 Å². The Labute approximate surface area is 152 Å². The summed E-state index contributed by atoms with van der Waals surface area (Å²) in [7, 11) is 0. The van der Waals surface area contributed by atoms with Crippen molar-refractivity contribution in [3.8, 4) is 5.75 Å². The van der Waals surface area contributed by atoms with Crippen LogP contribution in [0.3, 0.4) is 0 Å². The van der Waals surface area contributed by atoms with Crippen molar-refractivity contribution in [2.24, 2.45) is 4.99 Å². The predicted octanol–water partition coefficient (Wildman–Crippen LogP) is 1.96. The van der Waals surface area contributed by atoms with Gasteiger partial charge in [-0.05, 0) is 31.2 Å². The number of piperazine rings is 1. The van der Waals surface area contributed by atoms with Gasteiger partial charge in [0.1, 0.15) is 12.4 Å². The van der Waals surface area contributed by atoms with Gasteiger partial charge in [0.25, 0.3) is 0 Å². The van der Waals surface area contributed by atoms with Gasteiger partial charge >= 0.3 is 0 Å². The number of carbonyl (C=O) groups is 1. The molecule has 0 aliphatic carbocycles. The lowest BCUT2D eigenvalue weighted by molar-refractivity contribution is -0.130. The highest BCUT2D eigenvalue weighted by atomic mass is 79.9. The molecule has 24 heavy (non-hydrogen) atoms. The normalized spacial score (nSPS) is 15.4. The molecule has 1 amide bonds. The van der Waals surface area contributed by atoms with Crippen LogP contribution in [-0.2, 0) is 4.79 Å². The maximum atomic E-state index is 11.4. The van der Waals surface area contributed by atoms with Crippen LogP contribution in [-0.4, -0.2) is 67.5 Å². The summed E-state index contributed by atoms with van der Waals surface area (Å²) in [5.74, 6) is 1.87. The van der Waals surface area contributed by atoms with Crippen molar-refractivity contribution in [3.63, 3.8) is 0 Å². The third kappa shape index (κ3) is 5.70. The van der Waals surface area contributed by atoms with E-state index >= 15 is 0 Å². The summed E-state index contributed by atoms with van der Waals surface area (Å²) in [4.78, 5) is 20.1. The summed E-state index contributed by atoms with van der Waals surface area (Å²) in [5.41, 5.74) is 0. The van der Waals surface area contributed by atoms with E-state index in [-0.39, 0.29) is 5.91 Å². The molecule has 0 radical (unpaired) electrons. The van der Waals surface area contributed by atoms with E-state index in [4.69, 9.17) is 4.74 Å². The standard InChI is InChI=1S/C17H25BrN4O2/c1-3-19-17(22-11-9-21(10-12-22)14(2)23)20-8-13-24-16-6-4-15(18)5-7-16/h4-7H,3,8-13H2,1-2H3,(H,19,20). The van der Waals surface area contributed by atoms with E-state index in [0.717, 1.165) is 48.9 Å². The molecule has 132 valence electrons. The van der Waals surface area contributed by atoms with Crippen LogP contribution in [0.2, 0.25) is 0 Å². The first-order valence-corrected chi connectivity index (χ1v) is 9.06. The third-order valence-electron chi connectivity index (χ3n) is 3.79. The van der Waals surface area contributed by atoms with Crippen molar-refractivity contribution >= 4 is 27.8 Å². The van der Waals surface area contributed by atoms with Crippen LogP contribution < -0.4 is 10.1 Å². The zero-order chi connectivity index (χ0) is 17.4. The van der Waals surface area contributed by atoms with E-state index in [9.17, 15) is 4.79 Å². The van der Waals surface area contributed by atoms with Crippen molar-refractivity contribution in [1.82, 2.24) is 15.1 Å². The number of ether oxygens (including phenoxy) is 1. The SMILES string of the molecule is CCNC(=NCCOc1ccc(Br)cc1)N1CCN(C(C)=O)CC1. The molecule has 0 unspecified atom stereocenters. The first-order chi connectivity index (χ1) is 11.6. The van der Waals surface area contributed by atoms with Gasteiger partial charge in [0.05, 0.1) is 6.54 Å². The Hall–Kier alpha value is -1.76. The van der Waals surface area contributed by atoms with Gasteiger partial charge in [-0.1, -0.05) is 15.9 Å². The lowest BCUT2D eigenvalue weighted by atomic mass is 10.3. The molecular formula is C17H25BrN4O2. The quantitative estimate of drug-likeness (QED) is 0.469. The van der Waals surface area contributed by atoms with E-state index in [2.05, 4.69) is 38.1 Å². The lowest BCUT2D eigenvalue weighted by Crippen LogP contribution is -2.53. The first-order valence-electron chi connectivity index (χ1n) is 8.27. The average molecular weight is 397 g/mol. The van der Waals surface area contributed by atoms with Crippen LogP contribution in [0, 0.1) is 0 Å². The Bertz CT molecular complexity index is 554. The van der Waals surface area contributed by atoms with E-state index in [1.54, 1.807) is 6.92 Å². The number of nitrogens with one attached hydrogen (secondary N) is 1. The van der Waals surface area contributed by atoms with E-state index in [0.29, 0.717) is 13.2 Å². The lowest BCUT2D eigenvalue weighted by Gasteiger charge is -2.36. The number of benzene rings is 1. The summed E-state index contributed by atoms with van der Waals surface area (Å²) in [6.45, 7) is 8.71. The maximum Gasteiger partial charge on any atom is 0.219 e. The van der Waals surface area contributed by atoms with Crippen LogP contribution in [0.1, 0.15) is 13.8 Å². The number of aliphatic imine (C=N–C) groups is 1. The number of hydrogen-bond donors (Lipinski definition) is 1. The molecule has 1 aromatic carbocycles. The van der Waals surface area contributed by atoms with Crippen molar-refractivity contribution in [1.29, 1.82) is 0 Å². The van der Waals surface area contributed by atoms with Gasteiger partial charge in [-0.2, -0.15) is 0 Å². The average Bonchev–Trinajstić information content (AvgIpc) is 2.59. The zero-order valence-electron chi connectivity index (χ0n) is 14.3. The largest absolute Gasteiger partial charge is 0.492 e. The van der Waals surface area contributed by atoms with Crippen molar-refractivity contribution in [2.45, 2.75) is 13.8 Å². The van der Waals surface area contributed by atoms with Crippen LogP contribution in [0.4, 0.5) is 0 Å². The monoisotopic (exact) mass is 396 g/mol. The molecule has 1 aliphatic rings. The Morgan fingerprint density at radius 3 is 2.42 bits per heavy atom. The fourth-order valence-corrected chi connectivity index (χ4v) is 2.77. The minimum atomic E-state index is 0.138. The van der Waals surface area contributed by atoms with Crippen molar-refractivity contribution < 1.29 is 9.53 Å². The fourth-order valence-electron chi connectivity index (χ4n) is 2.50. The zero-order valence-corrected chi connectivity index (χ0v) is 15.9. The van der Waals surface area contributed by atoms with Crippen LogP contribution >= 0.6 is 15.9 Å². The highest BCUT2D eigenvalue weighted by molar-refractivity contribution is 9.10. The molecule has 0 aromatic heterocycles. The Balaban J connectivity index is 1.82. The van der Waals surface area contributed by atoms with Crippen molar-refractivity contribution in [3.05, 3.63) is 28.7 Å². The Morgan fingerprint density at radius 2 is 1.83 bits per heavy atom. The van der Waals surface area contributed by atoms with Gasteiger partial charge in [0.15, 0.2) is 5.96 Å². The fraction of sp³-hybridized carbons (Fsp3) is 0.529. The van der Waals surface area contributed by atoms with Gasteiger partial charge in [0, 0.05) is 44.1 Å². The second-order valence-corrected chi connectivity index (χ2v) is 6.45. The maximum absolute atomic E-state index is 11.4. The molecule has 1 aromatic rings. The number of guanidine groups is 1. The third-order valence-corrected chi connectivity index (χ3v) is 4.32. The van der Waals surface area contributed by atoms with Gasteiger partial charge < -0.3 is 19.9 Å². The molecule has 1 N–H and O–H groups in total. The summed E-state index contributed by atoms with van der Waals surface area (Å²) in [6, 6.07) is 7.77. The van der Waals surface area contributed by atoms with E-state index < -0.39 is 0 Å². The molecule has 1 saturated heterocycles. The molecule has 1 aliphatic heterocycles. The number of rotatable bonds is 5. The first kappa shape index (κ1) is 18.6. The molecule has 0 atom stereocenters. The van der Waals surface area contributed by atoms with Gasteiger partial charge in [-0.25, -0.2) is 4.99 Å². The molecule has 1 heterocycles. The number of halogens is 1. The molecule has 0 bridgehead atoms. The number of carbonyl (C=O) groups excluding carboxylic acids is 1. The Kier molecular flexibility index (Phi) is 7.36. The molecule has 0 saturated carbocycles. The second-order valence-electron chi connectivity index (χ2n) is 5.53. The van der Waals surface area contributed by atoms with Gasteiger partial charge in [0.2, 0.25) is 5.91 Å². The minimum absolute atomic E-state index is 0.138. The van der Waals surface area contributed by atoms with E-state index in [1.165, 1.54) is 0 Å². The highest BCUT2D eigenvalue weighted by Gasteiger charge is 2.20. The summed E-state index contributed by atoms with van der Waals surface area (Å²) >= 11 is 3.41. The molecule has 2 rings (SSSR count). The van der Waals surface area contributed by atoms with Crippen LogP contribution in [0.5, 0.6) is 5.75 Å². The Morgan fingerprint density at radius 1 is 1.21 bits per heavy atom. The minimum Gasteiger partial charge on any atom is -0.492 e. The second kappa shape index (κ2) is 9.52. The topological polar surface area (TPSA) is 57.2 Å². The molecule has 6 nitrogen and oxygen atoms in total. The van der Waals surface area contributed by atoms with Crippen LogP contribution in [0.25, 0.3) is 0 Å². The van der Waals surface area contributed by atoms with Gasteiger partial charge in [-0.15, -0.1) is 0 Å². The summed E-state index contributed by atoms with van der Waals surface area (Å²) in [6.07, 6.45) is 0. The highest BCUT2D eigenvalue weighted by Crippen LogP contribution is 2.15. The van der Waals surface area contributed by atoms with Gasteiger partial charge in [-0.3, -0.25) is 4.79 Å². The van der Waals surface area contributed by atoms with Crippen LogP contribution in [0.15, 0.2) is 33.7 Å². The van der Waals surface area contributed by atoms with Crippen molar-refractivity contribution in [2.75, 3.05) is 45.9 Å². The summed E-state index contributed by atoms with van der Waals surface area (Å²) in [5, 5.41) is 3.31. The number of hydrogen-bond acceptors (Lipinski definition) is 3.